The Labute approximate surface area is 151 Å². The van der Waals surface area contributed by atoms with Crippen LogP contribution in [-0.4, -0.2) is 0 Å². The van der Waals surface area contributed by atoms with Crippen molar-refractivity contribution in [2.24, 2.45) is 0 Å². The minimum absolute atomic E-state index is 0.162. The zero-order valence-corrected chi connectivity index (χ0v) is 17.2. The lowest BCUT2D eigenvalue weighted by molar-refractivity contribution is 0.569. The van der Waals surface area contributed by atoms with Gasteiger partial charge in [0.05, 0.1) is 0 Å². The quantitative estimate of drug-likeness (QED) is 0.512. The molecule has 1 aromatic carbocycles. The molecule has 1 aliphatic rings. The van der Waals surface area contributed by atoms with Crippen LogP contribution in [0.2, 0.25) is 0 Å². The van der Waals surface area contributed by atoms with E-state index in [1.54, 1.807) is 4.88 Å². The molecule has 0 atom stereocenters. The smallest absolute Gasteiger partial charge is 0.0167 e. The molecule has 0 amide bonds. The van der Waals surface area contributed by atoms with E-state index in [9.17, 15) is 0 Å². The number of benzene rings is 1. The molecule has 0 aliphatic heterocycles. The van der Waals surface area contributed by atoms with Crippen LogP contribution in [0.4, 0.5) is 0 Å². The Bertz CT molecular complexity index is 785. The van der Waals surface area contributed by atoms with E-state index in [-0.39, 0.29) is 10.8 Å². The zero-order chi connectivity index (χ0) is 17.9. The average Bonchev–Trinajstić information content (AvgIpc) is 2.90. The largest absolute Gasteiger partial charge is 0.144 e. The Balaban J connectivity index is 2.26. The second-order valence-corrected chi connectivity index (χ2v) is 10.6. The predicted octanol–water partition coefficient (Wildman–Crippen LogP) is 7.28. The number of allylic oxidation sites excluding steroid dienone is 1. The molecule has 0 nitrogen and oxygen atoms in total. The second kappa shape index (κ2) is 5.59. The molecule has 1 aliphatic carbocycles. The summed E-state index contributed by atoms with van der Waals surface area (Å²) < 4.78 is 0. The highest BCUT2D eigenvalue weighted by Gasteiger charge is 2.24. The second-order valence-electron chi connectivity index (χ2n) is 9.34. The molecule has 0 radical (unpaired) electrons. The molecular formula is C23H30S. The summed E-state index contributed by atoms with van der Waals surface area (Å²) in [6.07, 6.45) is 3.53. The number of aryl methyl sites for hydroxylation is 1. The lowest BCUT2D eigenvalue weighted by atomic mass is 9.78. The van der Waals surface area contributed by atoms with Crippen LogP contribution in [0.1, 0.15) is 74.9 Å². The van der Waals surface area contributed by atoms with Crippen molar-refractivity contribution >= 4 is 17.4 Å². The normalized spacial score (nSPS) is 14.8. The van der Waals surface area contributed by atoms with Gasteiger partial charge in [-0.2, -0.15) is 0 Å². The molecule has 0 unspecified atom stereocenters. The molecule has 3 rings (SSSR count). The Morgan fingerprint density at radius 2 is 1.38 bits per heavy atom. The molecule has 2 aromatic rings. The van der Waals surface area contributed by atoms with Crippen molar-refractivity contribution in [1.29, 1.82) is 0 Å². The standard InChI is InChI=1S/C23H30S/c1-14-9-19-20(10-14)24-15(2)21(19)16-11-17(22(3,4)5)13-18(12-16)23(6,7)8/h9,11-13H,10H2,1-8H3. The van der Waals surface area contributed by atoms with Crippen molar-refractivity contribution in [2.45, 2.75) is 72.6 Å². The average molecular weight is 339 g/mol. The summed E-state index contributed by atoms with van der Waals surface area (Å²) in [5, 5.41) is 0. The highest BCUT2D eigenvalue weighted by Crippen LogP contribution is 2.44. The fraction of sp³-hybridized carbons (Fsp3) is 0.478. The molecule has 0 fully saturated rings. The van der Waals surface area contributed by atoms with Gasteiger partial charge in [0.1, 0.15) is 0 Å². The molecule has 128 valence electrons. The first-order valence-electron chi connectivity index (χ1n) is 8.92. The van der Waals surface area contributed by atoms with Crippen LogP contribution in [0.15, 0.2) is 23.8 Å². The summed E-state index contributed by atoms with van der Waals surface area (Å²) in [6, 6.07) is 7.25. The number of hydrogen-bond acceptors (Lipinski definition) is 1. The summed E-state index contributed by atoms with van der Waals surface area (Å²) >= 11 is 1.98. The van der Waals surface area contributed by atoms with Crippen molar-refractivity contribution in [2.75, 3.05) is 0 Å². The maximum atomic E-state index is 2.42. The SMILES string of the molecule is CC1=Cc2c(sc(C)c2-c2cc(C(C)(C)C)cc(C(C)(C)C)c2)C1. The lowest BCUT2D eigenvalue weighted by Gasteiger charge is -2.26. The van der Waals surface area contributed by atoms with Gasteiger partial charge >= 0.3 is 0 Å². The topological polar surface area (TPSA) is 0 Å². The third kappa shape index (κ3) is 3.11. The molecule has 1 heterocycles. The zero-order valence-electron chi connectivity index (χ0n) is 16.4. The Morgan fingerprint density at radius 3 is 1.88 bits per heavy atom. The van der Waals surface area contributed by atoms with Crippen LogP contribution in [0, 0.1) is 6.92 Å². The van der Waals surface area contributed by atoms with Crippen LogP contribution in [-0.2, 0) is 17.3 Å². The maximum absolute atomic E-state index is 2.42. The molecule has 1 heteroatoms. The highest BCUT2D eigenvalue weighted by molar-refractivity contribution is 7.12. The predicted molar refractivity (Wildman–Crippen MR) is 109 cm³/mol. The fourth-order valence-corrected chi connectivity index (χ4v) is 4.72. The van der Waals surface area contributed by atoms with Gasteiger partial charge in [0.15, 0.2) is 0 Å². The molecule has 0 saturated heterocycles. The van der Waals surface area contributed by atoms with Crippen LogP contribution in [0.3, 0.4) is 0 Å². The number of hydrogen-bond donors (Lipinski definition) is 0. The maximum Gasteiger partial charge on any atom is 0.0167 e. The van der Waals surface area contributed by atoms with Crippen LogP contribution < -0.4 is 0 Å². The first kappa shape index (κ1) is 17.5. The molecule has 0 spiro atoms. The van der Waals surface area contributed by atoms with Crippen molar-refractivity contribution in [3.63, 3.8) is 0 Å². The summed E-state index contributed by atoms with van der Waals surface area (Å²) in [5.74, 6) is 0. The number of thiophene rings is 1. The van der Waals surface area contributed by atoms with Gasteiger partial charge in [-0.1, -0.05) is 71.4 Å². The van der Waals surface area contributed by atoms with Gasteiger partial charge in [-0.3, -0.25) is 0 Å². The minimum atomic E-state index is 0.162. The highest BCUT2D eigenvalue weighted by atomic mass is 32.1. The van der Waals surface area contributed by atoms with E-state index >= 15 is 0 Å². The first-order valence-corrected chi connectivity index (χ1v) is 9.74. The molecule has 24 heavy (non-hydrogen) atoms. The first-order chi connectivity index (χ1) is 11.0. The summed E-state index contributed by atoms with van der Waals surface area (Å²) in [4.78, 5) is 2.99. The van der Waals surface area contributed by atoms with Gasteiger partial charge in [-0.05, 0) is 46.9 Å². The van der Waals surface area contributed by atoms with E-state index in [1.807, 2.05) is 11.3 Å². The van der Waals surface area contributed by atoms with E-state index < -0.39 is 0 Å². The lowest BCUT2D eigenvalue weighted by Crippen LogP contribution is -2.16. The van der Waals surface area contributed by atoms with E-state index in [2.05, 4.69) is 79.7 Å². The summed E-state index contributed by atoms with van der Waals surface area (Å²) in [6.45, 7) is 18.4. The van der Waals surface area contributed by atoms with Crippen LogP contribution >= 0.6 is 11.3 Å². The van der Waals surface area contributed by atoms with E-state index in [0.717, 1.165) is 6.42 Å². The van der Waals surface area contributed by atoms with Gasteiger partial charge in [0, 0.05) is 21.7 Å². The van der Waals surface area contributed by atoms with Crippen molar-refractivity contribution in [3.05, 3.63) is 50.2 Å². The van der Waals surface area contributed by atoms with Gasteiger partial charge in [0.25, 0.3) is 0 Å². The molecule has 0 bridgehead atoms. The Hall–Kier alpha value is -1.34. The van der Waals surface area contributed by atoms with Crippen molar-refractivity contribution in [1.82, 2.24) is 0 Å². The number of rotatable bonds is 1. The van der Waals surface area contributed by atoms with E-state index in [0.29, 0.717) is 0 Å². The monoisotopic (exact) mass is 338 g/mol. The van der Waals surface area contributed by atoms with Gasteiger partial charge in [-0.15, -0.1) is 11.3 Å². The molecule has 1 aromatic heterocycles. The van der Waals surface area contributed by atoms with Gasteiger partial charge < -0.3 is 0 Å². The number of fused-ring (bicyclic) bond motifs is 1. The fourth-order valence-electron chi connectivity index (χ4n) is 3.45. The van der Waals surface area contributed by atoms with Gasteiger partial charge in [0.2, 0.25) is 0 Å². The van der Waals surface area contributed by atoms with Gasteiger partial charge in [-0.25, -0.2) is 0 Å². The Kier molecular flexibility index (Phi) is 4.07. The van der Waals surface area contributed by atoms with Crippen molar-refractivity contribution < 1.29 is 0 Å². The minimum Gasteiger partial charge on any atom is -0.144 e. The Morgan fingerprint density at radius 1 is 0.833 bits per heavy atom. The third-order valence-corrected chi connectivity index (χ3v) is 6.10. The molecule has 0 N–H and O–H groups in total. The summed E-state index contributed by atoms with van der Waals surface area (Å²) in [7, 11) is 0. The van der Waals surface area contributed by atoms with Crippen LogP contribution in [0.5, 0.6) is 0 Å². The molecular weight excluding hydrogens is 308 g/mol. The van der Waals surface area contributed by atoms with E-state index in [1.165, 1.54) is 38.3 Å². The van der Waals surface area contributed by atoms with E-state index in [4.69, 9.17) is 0 Å². The van der Waals surface area contributed by atoms with Crippen molar-refractivity contribution in [3.8, 4) is 11.1 Å². The summed E-state index contributed by atoms with van der Waals surface area (Å²) in [5.41, 5.74) is 9.01. The molecule has 0 saturated carbocycles. The van der Waals surface area contributed by atoms with Crippen LogP contribution in [0.25, 0.3) is 17.2 Å². The third-order valence-electron chi connectivity index (χ3n) is 4.98.